The highest BCUT2D eigenvalue weighted by Crippen LogP contribution is 2.57. The normalized spacial score (nSPS) is 25.8. The summed E-state index contributed by atoms with van der Waals surface area (Å²) >= 11 is 0. The molecule has 1 aliphatic heterocycles. The number of ether oxygens (including phenoxy) is 1. The second kappa shape index (κ2) is 6.88. The van der Waals surface area contributed by atoms with Gasteiger partial charge in [-0.15, -0.1) is 0 Å². The molecule has 0 unspecified atom stereocenters. The van der Waals surface area contributed by atoms with E-state index in [1.165, 1.54) is 5.57 Å². The Labute approximate surface area is 162 Å². The number of aryl methyl sites for hydroxylation is 1. The van der Waals surface area contributed by atoms with Crippen molar-refractivity contribution in [1.29, 1.82) is 0 Å². The summed E-state index contributed by atoms with van der Waals surface area (Å²) in [6, 6.07) is 1.87. The van der Waals surface area contributed by atoms with Crippen LogP contribution in [0.15, 0.2) is 17.7 Å². The van der Waals surface area contributed by atoms with Gasteiger partial charge < -0.3 is 14.9 Å². The van der Waals surface area contributed by atoms with E-state index in [4.69, 9.17) is 4.74 Å². The zero-order chi connectivity index (χ0) is 20.0. The molecule has 0 saturated carbocycles. The summed E-state index contributed by atoms with van der Waals surface area (Å²) < 4.78 is 6.37. The molecule has 4 nitrogen and oxygen atoms in total. The van der Waals surface area contributed by atoms with Crippen molar-refractivity contribution in [2.24, 2.45) is 5.92 Å². The molecule has 0 aromatic heterocycles. The Morgan fingerprint density at radius 3 is 2.63 bits per heavy atom. The molecule has 0 fully saturated rings. The number of fused-ring (bicyclic) bond motifs is 3. The van der Waals surface area contributed by atoms with Gasteiger partial charge in [0.05, 0.1) is 0 Å². The number of rotatable bonds is 5. The summed E-state index contributed by atoms with van der Waals surface area (Å²) in [5.41, 5.74) is 1.82. The quantitative estimate of drug-likeness (QED) is 0.521. The maximum Gasteiger partial charge on any atom is 0.339 e. The topological polar surface area (TPSA) is 66.8 Å². The Kier molecular flexibility index (Phi) is 5.04. The predicted octanol–water partition coefficient (Wildman–Crippen LogP) is 5.61. The van der Waals surface area contributed by atoms with E-state index in [1.807, 2.05) is 6.07 Å². The third kappa shape index (κ3) is 3.24. The Morgan fingerprint density at radius 2 is 2.00 bits per heavy atom. The lowest BCUT2D eigenvalue weighted by molar-refractivity contribution is -0.0146. The molecule has 0 spiro atoms. The second-order valence-electron chi connectivity index (χ2n) is 8.96. The first-order valence-corrected chi connectivity index (χ1v) is 10.1. The highest BCUT2D eigenvalue weighted by atomic mass is 16.5. The fourth-order valence-corrected chi connectivity index (χ4v) is 5.33. The first kappa shape index (κ1) is 19.8. The SMILES string of the molecule is CCCCCc1cc2c(c(O)c1C(=O)O)[C@]1(C)C=C(C)CC[C@H]1C(C)(C)O2. The number of carboxylic acids is 1. The molecule has 0 radical (unpaired) electrons. The first-order chi connectivity index (χ1) is 12.6. The Hall–Kier alpha value is -1.97. The fraction of sp³-hybridized carbons (Fsp3) is 0.609. The van der Waals surface area contributed by atoms with Gasteiger partial charge in [0.2, 0.25) is 0 Å². The van der Waals surface area contributed by atoms with Gasteiger partial charge in [-0.3, -0.25) is 0 Å². The molecule has 27 heavy (non-hydrogen) atoms. The van der Waals surface area contributed by atoms with Gasteiger partial charge >= 0.3 is 5.97 Å². The van der Waals surface area contributed by atoms with Gasteiger partial charge in [-0.1, -0.05) is 38.3 Å². The number of hydrogen-bond donors (Lipinski definition) is 2. The van der Waals surface area contributed by atoms with Gasteiger partial charge in [-0.2, -0.15) is 0 Å². The van der Waals surface area contributed by atoms with E-state index in [9.17, 15) is 15.0 Å². The highest BCUT2D eigenvalue weighted by Gasteiger charge is 2.53. The minimum Gasteiger partial charge on any atom is -0.507 e. The minimum atomic E-state index is -1.07. The van der Waals surface area contributed by atoms with Crippen LogP contribution in [0.3, 0.4) is 0 Å². The molecule has 1 aromatic rings. The van der Waals surface area contributed by atoms with Crippen LogP contribution in [0.2, 0.25) is 0 Å². The third-order valence-corrected chi connectivity index (χ3v) is 6.46. The van der Waals surface area contributed by atoms with E-state index >= 15 is 0 Å². The van der Waals surface area contributed by atoms with Gasteiger partial charge in [0, 0.05) is 16.9 Å². The molecule has 1 aliphatic carbocycles. The van der Waals surface area contributed by atoms with Gasteiger partial charge in [-0.25, -0.2) is 4.79 Å². The number of hydrogen-bond acceptors (Lipinski definition) is 3. The smallest absolute Gasteiger partial charge is 0.339 e. The van der Waals surface area contributed by atoms with E-state index in [-0.39, 0.29) is 22.8 Å². The second-order valence-corrected chi connectivity index (χ2v) is 8.96. The van der Waals surface area contributed by atoms with E-state index in [2.05, 4.69) is 40.7 Å². The monoisotopic (exact) mass is 372 g/mol. The largest absolute Gasteiger partial charge is 0.507 e. The van der Waals surface area contributed by atoms with Crippen molar-refractivity contribution < 1.29 is 19.7 Å². The van der Waals surface area contributed by atoms with Gasteiger partial charge in [-0.05, 0) is 58.1 Å². The Morgan fingerprint density at radius 1 is 1.30 bits per heavy atom. The van der Waals surface area contributed by atoms with Gasteiger partial charge in [0.15, 0.2) is 0 Å². The van der Waals surface area contributed by atoms with E-state index in [0.29, 0.717) is 23.3 Å². The average Bonchev–Trinajstić information content (AvgIpc) is 2.52. The van der Waals surface area contributed by atoms with Crippen molar-refractivity contribution in [3.8, 4) is 11.5 Å². The zero-order valence-corrected chi connectivity index (χ0v) is 17.2. The van der Waals surface area contributed by atoms with E-state index < -0.39 is 11.4 Å². The summed E-state index contributed by atoms with van der Waals surface area (Å²) in [5.74, 6) is -0.359. The molecule has 0 bridgehead atoms. The molecule has 0 amide bonds. The number of unbranched alkanes of at least 4 members (excludes halogenated alkanes) is 2. The lowest BCUT2D eigenvalue weighted by Crippen LogP contribution is -2.53. The lowest BCUT2D eigenvalue weighted by atomic mass is 9.58. The van der Waals surface area contributed by atoms with Crippen LogP contribution in [0.25, 0.3) is 0 Å². The van der Waals surface area contributed by atoms with E-state index in [1.54, 1.807) is 0 Å². The molecule has 1 heterocycles. The van der Waals surface area contributed by atoms with Crippen LogP contribution in [0, 0.1) is 5.92 Å². The van der Waals surface area contributed by atoms with Crippen LogP contribution in [-0.4, -0.2) is 21.8 Å². The van der Waals surface area contributed by atoms with Crippen molar-refractivity contribution >= 4 is 5.97 Å². The number of carbonyl (C=O) groups is 1. The van der Waals surface area contributed by atoms with Crippen LogP contribution < -0.4 is 4.74 Å². The number of allylic oxidation sites excluding steroid dienone is 2. The molecular weight excluding hydrogens is 340 g/mol. The van der Waals surface area contributed by atoms with Gasteiger partial charge in [0.1, 0.15) is 22.7 Å². The van der Waals surface area contributed by atoms with Crippen LogP contribution in [0.1, 0.15) is 88.2 Å². The molecule has 2 atom stereocenters. The molecule has 2 N–H and O–H groups in total. The van der Waals surface area contributed by atoms with Crippen LogP contribution in [-0.2, 0) is 11.8 Å². The van der Waals surface area contributed by atoms with Crippen molar-refractivity contribution in [2.75, 3.05) is 0 Å². The molecule has 148 valence electrons. The average molecular weight is 373 g/mol. The van der Waals surface area contributed by atoms with Crippen LogP contribution >= 0.6 is 0 Å². The molecule has 4 heteroatoms. The van der Waals surface area contributed by atoms with Crippen molar-refractivity contribution in [3.05, 3.63) is 34.4 Å². The van der Waals surface area contributed by atoms with E-state index in [0.717, 1.165) is 32.1 Å². The molecular formula is C23H32O4. The number of phenols is 1. The molecule has 2 aliphatic rings. The zero-order valence-electron chi connectivity index (χ0n) is 17.2. The van der Waals surface area contributed by atoms with Crippen molar-refractivity contribution in [3.63, 3.8) is 0 Å². The summed E-state index contributed by atoms with van der Waals surface area (Å²) in [5, 5.41) is 20.9. The summed E-state index contributed by atoms with van der Waals surface area (Å²) in [7, 11) is 0. The minimum absolute atomic E-state index is 0.0461. The van der Waals surface area contributed by atoms with Crippen molar-refractivity contribution in [1.82, 2.24) is 0 Å². The lowest BCUT2D eigenvalue weighted by Gasteiger charge is -2.52. The van der Waals surface area contributed by atoms with Crippen LogP contribution in [0.4, 0.5) is 0 Å². The van der Waals surface area contributed by atoms with Crippen LogP contribution in [0.5, 0.6) is 11.5 Å². The fourth-order valence-electron chi connectivity index (χ4n) is 5.33. The maximum atomic E-state index is 12.0. The standard InChI is InChI=1S/C23H32O4/c1-6-7-8-9-15-12-16-19(20(24)18(15)21(25)26)23(5)13-14(2)10-11-17(23)22(3,4)27-16/h12-13,17,24H,6-11H2,1-5H3,(H,25,26)/t17-,23+/m0/s1. The summed E-state index contributed by atoms with van der Waals surface area (Å²) in [4.78, 5) is 12.0. The number of aromatic carboxylic acids is 1. The number of benzene rings is 1. The highest BCUT2D eigenvalue weighted by molar-refractivity contribution is 5.94. The predicted molar refractivity (Wildman–Crippen MR) is 107 cm³/mol. The summed E-state index contributed by atoms with van der Waals surface area (Å²) in [6.45, 7) is 10.6. The summed E-state index contributed by atoms with van der Waals surface area (Å²) in [6.07, 6.45) is 7.81. The first-order valence-electron chi connectivity index (χ1n) is 10.1. The number of carboxylic acid groups (broad SMARTS) is 1. The molecule has 1 aromatic carbocycles. The Balaban J connectivity index is 2.23. The number of aromatic hydroxyl groups is 1. The molecule has 0 saturated heterocycles. The Bertz CT molecular complexity index is 790. The van der Waals surface area contributed by atoms with Gasteiger partial charge in [0.25, 0.3) is 0 Å². The van der Waals surface area contributed by atoms with Crippen molar-refractivity contribution in [2.45, 2.75) is 84.2 Å². The molecule has 3 rings (SSSR count). The maximum absolute atomic E-state index is 12.0. The third-order valence-electron chi connectivity index (χ3n) is 6.46.